The minimum Gasteiger partial charge on any atom is -0.424 e. The second-order valence-corrected chi connectivity index (χ2v) is 4.93. The van der Waals surface area contributed by atoms with Gasteiger partial charge in [0.25, 0.3) is 0 Å². The number of ether oxygens (including phenoxy) is 1. The van der Waals surface area contributed by atoms with Crippen LogP contribution < -0.4 is 4.74 Å². The summed E-state index contributed by atoms with van der Waals surface area (Å²) in [5.41, 5.74) is 1.29. The Morgan fingerprint density at radius 3 is 2.18 bits per heavy atom. The number of aromatic nitrogens is 2. The highest BCUT2D eigenvalue weighted by molar-refractivity contribution is 9.10. The SMILES string of the molecule is CC(C)c1ccc(Oc2ncc(Br)cn2)cc1. The first kappa shape index (κ1) is 12.0. The molecule has 0 bridgehead atoms. The number of hydrogen-bond acceptors (Lipinski definition) is 3. The zero-order valence-corrected chi connectivity index (χ0v) is 11.3. The monoisotopic (exact) mass is 292 g/mol. The Hall–Kier alpha value is -1.42. The Kier molecular flexibility index (Phi) is 3.74. The van der Waals surface area contributed by atoms with Crippen molar-refractivity contribution < 1.29 is 4.74 Å². The molecule has 0 saturated carbocycles. The van der Waals surface area contributed by atoms with Gasteiger partial charge in [0.15, 0.2) is 0 Å². The fourth-order valence-corrected chi connectivity index (χ4v) is 1.58. The van der Waals surface area contributed by atoms with E-state index < -0.39 is 0 Å². The van der Waals surface area contributed by atoms with E-state index in [-0.39, 0.29) is 0 Å². The molecule has 17 heavy (non-hydrogen) atoms. The molecule has 4 heteroatoms. The average Bonchev–Trinajstić information content (AvgIpc) is 2.33. The van der Waals surface area contributed by atoms with Gasteiger partial charge >= 0.3 is 6.01 Å². The molecule has 0 aliphatic carbocycles. The highest BCUT2D eigenvalue weighted by Crippen LogP contribution is 2.21. The van der Waals surface area contributed by atoms with Gasteiger partial charge in [0.2, 0.25) is 0 Å². The summed E-state index contributed by atoms with van der Waals surface area (Å²) in [6.07, 6.45) is 3.32. The molecule has 0 amide bonds. The lowest BCUT2D eigenvalue weighted by Gasteiger charge is -2.07. The lowest BCUT2D eigenvalue weighted by molar-refractivity contribution is 0.441. The maximum Gasteiger partial charge on any atom is 0.321 e. The number of halogens is 1. The number of rotatable bonds is 3. The number of benzene rings is 1. The first-order chi connectivity index (χ1) is 8.15. The Morgan fingerprint density at radius 1 is 1.06 bits per heavy atom. The van der Waals surface area contributed by atoms with Crippen LogP contribution >= 0.6 is 15.9 Å². The van der Waals surface area contributed by atoms with Crippen molar-refractivity contribution in [2.45, 2.75) is 19.8 Å². The molecule has 1 heterocycles. The quantitative estimate of drug-likeness (QED) is 0.852. The predicted molar refractivity (Wildman–Crippen MR) is 70.3 cm³/mol. The van der Waals surface area contributed by atoms with Gasteiger partial charge in [-0.15, -0.1) is 0 Å². The second-order valence-electron chi connectivity index (χ2n) is 4.01. The number of nitrogens with zero attached hydrogens (tertiary/aromatic N) is 2. The van der Waals surface area contributed by atoms with Crippen LogP contribution in [0.2, 0.25) is 0 Å². The van der Waals surface area contributed by atoms with E-state index in [2.05, 4.69) is 51.9 Å². The summed E-state index contributed by atoms with van der Waals surface area (Å²) in [5.74, 6) is 1.27. The lowest BCUT2D eigenvalue weighted by atomic mass is 10.0. The topological polar surface area (TPSA) is 35.0 Å². The molecule has 1 aromatic carbocycles. The molecular formula is C13H13BrN2O. The van der Waals surface area contributed by atoms with Crippen LogP contribution in [0.15, 0.2) is 41.1 Å². The molecule has 1 aromatic heterocycles. The van der Waals surface area contributed by atoms with Crippen LogP contribution in [0.25, 0.3) is 0 Å². The second kappa shape index (κ2) is 5.27. The first-order valence-corrected chi connectivity index (χ1v) is 6.20. The van der Waals surface area contributed by atoms with E-state index in [1.165, 1.54) is 5.56 Å². The van der Waals surface area contributed by atoms with E-state index in [9.17, 15) is 0 Å². The summed E-state index contributed by atoms with van der Waals surface area (Å²) in [7, 11) is 0. The molecule has 2 aromatic rings. The van der Waals surface area contributed by atoms with Gasteiger partial charge in [0, 0.05) is 12.4 Å². The molecule has 0 fully saturated rings. The Labute approximate surface area is 109 Å². The fourth-order valence-electron chi connectivity index (χ4n) is 1.38. The van der Waals surface area contributed by atoms with Gasteiger partial charge < -0.3 is 4.74 Å². The predicted octanol–water partition coefficient (Wildman–Crippen LogP) is 4.15. The smallest absolute Gasteiger partial charge is 0.321 e. The van der Waals surface area contributed by atoms with Gasteiger partial charge in [-0.3, -0.25) is 0 Å². The van der Waals surface area contributed by atoms with Crippen LogP contribution in [0.1, 0.15) is 25.3 Å². The highest BCUT2D eigenvalue weighted by Gasteiger charge is 2.02. The maximum absolute atomic E-state index is 5.53. The summed E-state index contributed by atoms with van der Waals surface area (Å²) in [6.45, 7) is 4.32. The van der Waals surface area contributed by atoms with Crippen molar-refractivity contribution >= 4 is 15.9 Å². The molecule has 0 saturated heterocycles. The summed E-state index contributed by atoms with van der Waals surface area (Å²) < 4.78 is 6.36. The molecule has 88 valence electrons. The first-order valence-electron chi connectivity index (χ1n) is 5.40. The van der Waals surface area contributed by atoms with Crippen LogP contribution in [0.4, 0.5) is 0 Å². The van der Waals surface area contributed by atoms with Gasteiger partial charge in [0.1, 0.15) is 5.75 Å². The highest BCUT2D eigenvalue weighted by atomic mass is 79.9. The van der Waals surface area contributed by atoms with E-state index in [1.807, 2.05) is 12.1 Å². The Bertz CT molecular complexity index is 480. The van der Waals surface area contributed by atoms with E-state index in [1.54, 1.807) is 12.4 Å². The zero-order valence-electron chi connectivity index (χ0n) is 9.72. The molecule has 3 nitrogen and oxygen atoms in total. The summed E-state index contributed by atoms with van der Waals surface area (Å²) in [5, 5.41) is 0. The fraction of sp³-hybridized carbons (Fsp3) is 0.231. The van der Waals surface area contributed by atoms with Crippen molar-refractivity contribution in [1.29, 1.82) is 0 Å². The standard InChI is InChI=1S/C13H13BrN2O/c1-9(2)10-3-5-12(6-4-10)17-13-15-7-11(14)8-16-13/h3-9H,1-2H3. The zero-order chi connectivity index (χ0) is 12.3. The molecule has 0 aliphatic heterocycles. The summed E-state index contributed by atoms with van der Waals surface area (Å²) in [4.78, 5) is 8.10. The third kappa shape index (κ3) is 3.27. The van der Waals surface area contributed by atoms with Gasteiger partial charge in [0.05, 0.1) is 4.47 Å². The van der Waals surface area contributed by atoms with Crippen molar-refractivity contribution in [2.24, 2.45) is 0 Å². The van der Waals surface area contributed by atoms with Crippen molar-refractivity contribution in [3.8, 4) is 11.8 Å². The van der Waals surface area contributed by atoms with Gasteiger partial charge in [-0.1, -0.05) is 26.0 Å². The van der Waals surface area contributed by atoms with Crippen LogP contribution in [0.3, 0.4) is 0 Å². The molecule has 0 aliphatic rings. The third-order valence-corrected chi connectivity index (χ3v) is 2.76. The van der Waals surface area contributed by atoms with Crippen molar-refractivity contribution in [1.82, 2.24) is 9.97 Å². The Morgan fingerprint density at radius 2 is 1.65 bits per heavy atom. The lowest BCUT2D eigenvalue weighted by Crippen LogP contribution is -1.92. The Balaban J connectivity index is 2.11. The van der Waals surface area contributed by atoms with Crippen LogP contribution in [0.5, 0.6) is 11.8 Å². The van der Waals surface area contributed by atoms with Crippen molar-refractivity contribution in [3.63, 3.8) is 0 Å². The minimum absolute atomic E-state index is 0.352. The van der Waals surface area contributed by atoms with E-state index in [0.717, 1.165) is 10.2 Å². The summed E-state index contributed by atoms with van der Waals surface area (Å²) >= 11 is 3.28. The molecule has 0 atom stereocenters. The summed E-state index contributed by atoms with van der Waals surface area (Å²) in [6, 6.07) is 8.32. The van der Waals surface area contributed by atoms with Crippen LogP contribution in [-0.4, -0.2) is 9.97 Å². The average molecular weight is 293 g/mol. The molecular weight excluding hydrogens is 280 g/mol. The van der Waals surface area contributed by atoms with E-state index >= 15 is 0 Å². The van der Waals surface area contributed by atoms with Crippen molar-refractivity contribution in [2.75, 3.05) is 0 Å². The molecule has 0 spiro atoms. The normalized spacial score (nSPS) is 10.6. The van der Waals surface area contributed by atoms with E-state index in [0.29, 0.717) is 11.9 Å². The van der Waals surface area contributed by atoms with Crippen LogP contribution in [0, 0.1) is 0 Å². The van der Waals surface area contributed by atoms with Gasteiger partial charge in [-0.25, -0.2) is 9.97 Å². The van der Waals surface area contributed by atoms with Gasteiger partial charge in [-0.05, 0) is 39.5 Å². The molecule has 0 radical (unpaired) electrons. The maximum atomic E-state index is 5.53. The van der Waals surface area contributed by atoms with Crippen molar-refractivity contribution in [3.05, 3.63) is 46.7 Å². The van der Waals surface area contributed by atoms with Crippen LogP contribution in [-0.2, 0) is 0 Å². The van der Waals surface area contributed by atoms with E-state index in [4.69, 9.17) is 4.74 Å². The number of hydrogen-bond donors (Lipinski definition) is 0. The largest absolute Gasteiger partial charge is 0.424 e. The molecule has 2 rings (SSSR count). The minimum atomic E-state index is 0.352. The molecule has 0 N–H and O–H groups in total. The molecule has 0 unspecified atom stereocenters. The third-order valence-electron chi connectivity index (χ3n) is 2.35. The van der Waals surface area contributed by atoms with Gasteiger partial charge in [-0.2, -0.15) is 0 Å².